The first-order valence-electron chi connectivity index (χ1n) is 11.6. The van der Waals surface area contributed by atoms with Gasteiger partial charge in [0.25, 0.3) is 5.56 Å². The summed E-state index contributed by atoms with van der Waals surface area (Å²) in [4.78, 5) is 33.0. The van der Waals surface area contributed by atoms with Crippen LogP contribution in [0.2, 0.25) is 0 Å². The molecule has 0 bridgehead atoms. The van der Waals surface area contributed by atoms with E-state index in [1.54, 1.807) is 24.7 Å². The van der Waals surface area contributed by atoms with Crippen LogP contribution in [0.25, 0.3) is 12.2 Å². The Labute approximate surface area is 221 Å². The highest BCUT2D eigenvalue weighted by Crippen LogP contribution is 2.33. The lowest BCUT2D eigenvalue weighted by Crippen LogP contribution is -2.39. The van der Waals surface area contributed by atoms with Gasteiger partial charge in [-0.3, -0.25) is 9.36 Å². The Balaban J connectivity index is 1.52. The Morgan fingerprint density at radius 3 is 2.62 bits per heavy atom. The van der Waals surface area contributed by atoms with Crippen molar-refractivity contribution in [1.29, 1.82) is 0 Å². The number of ether oxygens (including phenoxy) is 2. The van der Waals surface area contributed by atoms with Gasteiger partial charge in [0.15, 0.2) is 4.80 Å². The Morgan fingerprint density at radius 1 is 1.08 bits per heavy atom. The smallest absolute Gasteiger partial charge is 0.338 e. The molecule has 1 aliphatic heterocycles. The third-order valence-corrected chi connectivity index (χ3v) is 7.86. The monoisotopic (exact) mass is 528 g/mol. The minimum absolute atomic E-state index is 0.145. The third-order valence-electron chi connectivity index (χ3n) is 5.93. The fraction of sp³-hybridized carbons (Fsp3) is 0.138. The molecule has 0 spiro atoms. The van der Waals surface area contributed by atoms with E-state index in [0.29, 0.717) is 20.6 Å². The van der Waals surface area contributed by atoms with Gasteiger partial charge in [0.1, 0.15) is 18.4 Å². The van der Waals surface area contributed by atoms with E-state index in [2.05, 4.69) is 4.99 Å². The van der Waals surface area contributed by atoms with Gasteiger partial charge in [-0.1, -0.05) is 78.1 Å². The maximum absolute atomic E-state index is 13.6. The number of carbonyl (C=O) groups excluding carboxylic acids is 1. The SMILES string of the molecule is COc1ccccc1C=CC=c1sc2n(c1=O)C(c1cccs1)C(C(=O)OCc1ccccc1)=C(C)N=2. The van der Waals surface area contributed by atoms with Gasteiger partial charge in [-0.05, 0) is 36.1 Å². The predicted molar refractivity (Wildman–Crippen MR) is 147 cm³/mol. The zero-order valence-electron chi connectivity index (χ0n) is 20.3. The van der Waals surface area contributed by atoms with E-state index in [4.69, 9.17) is 9.47 Å². The summed E-state index contributed by atoms with van der Waals surface area (Å²) < 4.78 is 13.2. The molecule has 0 fully saturated rings. The molecule has 0 saturated heterocycles. The Hall–Kier alpha value is -4.01. The second kappa shape index (κ2) is 10.9. The van der Waals surface area contributed by atoms with E-state index in [1.165, 1.54) is 22.7 Å². The lowest BCUT2D eigenvalue weighted by atomic mass is 10.0. The molecule has 5 rings (SSSR count). The summed E-state index contributed by atoms with van der Waals surface area (Å²) in [5, 5.41) is 1.93. The van der Waals surface area contributed by atoms with Crippen LogP contribution in [0.1, 0.15) is 29.0 Å². The minimum atomic E-state index is -0.597. The van der Waals surface area contributed by atoms with Crippen molar-refractivity contribution in [3.63, 3.8) is 0 Å². The van der Waals surface area contributed by atoms with Gasteiger partial charge < -0.3 is 9.47 Å². The number of hydrogen-bond acceptors (Lipinski definition) is 7. The summed E-state index contributed by atoms with van der Waals surface area (Å²) >= 11 is 2.79. The Morgan fingerprint density at radius 2 is 1.86 bits per heavy atom. The Bertz CT molecular complexity index is 1660. The van der Waals surface area contributed by atoms with Gasteiger partial charge in [0.2, 0.25) is 0 Å². The number of thiazole rings is 1. The maximum Gasteiger partial charge on any atom is 0.338 e. The first kappa shape index (κ1) is 24.7. The molecular weight excluding hydrogens is 504 g/mol. The molecule has 2 aromatic carbocycles. The second-order valence-corrected chi connectivity index (χ2v) is 10.3. The van der Waals surface area contributed by atoms with Crippen molar-refractivity contribution in [2.45, 2.75) is 19.6 Å². The van der Waals surface area contributed by atoms with Crippen molar-refractivity contribution in [3.8, 4) is 5.75 Å². The van der Waals surface area contributed by atoms with Crippen molar-refractivity contribution in [1.82, 2.24) is 4.57 Å². The highest BCUT2D eigenvalue weighted by atomic mass is 32.1. The molecule has 3 heterocycles. The van der Waals surface area contributed by atoms with Gasteiger partial charge >= 0.3 is 5.97 Å². The van der Waals surface area contributed by atoms with Crippen LogP contribution >= 0.6 is 22.7 Å². The maximum atomic E-state index is 13.6. The molecule has 1 atom stereocenters. The van der Waals surface area contributed by atoms with Gasteiger partial charge in [-0.2, -0.15) is 0 Å². The van der Waals surface area contributed by atoms with Crippen molar-refractivity contribution in [2.24, 2.45) is 4.99 Å². The number of fused-ring (bicyclic) bond motifs is 1. The summed E-state index contributed by atoms with van der Waals surface area (Å²) in [5.74, 6) is 0.273. The lowest BCUT2D eigenvalue weighted by Gasteiger charge is -2.23. The zero-order valence-corrected chi connectivity index (χ0v) is 21.9. The van der Waals surface area contributed by atoms with Gasteiger partial charge in [0, 0.05) is 10.4 Å². The summed E-state index contributed by atoms with van der Waals surface area (Å²) in [7, 11) is 1.63. The molecule has 6 nitrogen and oxygen atoms in total. The van der Waals surface area contributed by atoms with Crippen LogP contribution in [0, 0.1) is 0 Å². The number of esters is 1. The summed E-state index contributed by atoms with van der Waals surface area (Å²) in [6, 6.07) is 20.4. The van der Waals surface area contributed by atoms with E-state index in [1.807, 2.05) is 84.3 Å². The largest absolute Gasteiger partial charge is 0.496 e. The molecule has 0 aliphatic carbocycles. The topological polar surface area (TPSA) is 69.9 Å². The highest BCUT2D eigenvalue weighted by Gasteiger charge is 2.34. The number of benzene rings is 2. The summed E-state index contributed by atoms with van der Waals surface area (Å²) in [5.41, 5.74) is 2.52. The van der Waals surface area contributed by atoms with Crippen LogP contribution in [0.15, 0.2) is 99.2 Å². The Kier molecular flexibility index (Phi) is 7.30. The third kappa shape index (κ3) is 5.12. The number of carbonyl (C=O) groups is 1. The molecule has 0 N–H and O–H groups in total. The first-order chi connectivity index (χ1) is 18.1. The van der Waals surface area contributed by atoms with E-state index < -0.39 is 12.0 Å². The number of nitrogens with zero attached hydrogens (tertiary/aromatic N) is 2. The van der Waals surface area contributed by atoms with Gasteiger partial charge in [-0.25, -0.2) is 9.79 Å². The molecule has 0 amide bonds. The van der Waals surface area contributed by atoms with Crippen LogP contribution < -0.4 is 19.6 Å². The number of allylic oxidation sites excluding steroid dienone is 2. The van der Waals surface area contributed by atoms with Crippen LogP contribution in [0.3, 0.4) is 0 Å². The van der Waals surface area contributed by atoms with Crippen LogP contribution in [-0.4, -0.2) is 17.6 Å². The van der Waals surface area contributed by atoms with E-state index in [9.17, 15) is 9.59 Å². The minimum Gasteiger partial charge on any atom is -0.496 e. The molecule has 2 aromatic heterocycles. The lowest BCUT2D eigenvalue weighted by molar-refractivity contribution is -0.140. The van der Waals surface area contributed by atoms with Crippen molar-refractivity contribution in [3.05, 3.63) is 125 Å². The first-order valence-corrected chi connectivity index (χ1v) is 13.3. The fourth-order valence-electron chi connectivity index (χ4n) is 4.16. The van der Waals surface area contributed by atoms with Crippen LogP contribution in [-0.2, 0) is 16.1 Å². The molecule has 4 aromatic rings. The molecule has 8 heteroatoms. The molecule has 0 saturated carbocycles. The number of hydrogen-bond donors (Lipinski definition) is 0. The number of aromatic nitrogens is 1. The van der Waals surface area contributed by atoms with Crippen molar-refractivity contribution in [2.75, 3.05) is 7.11 Å². The quantitative estimate of drug-likeness (QED) is 0.326. The van der Waals surface area contributed by atoms with Gasteiger partial charge in [-0.15, -0.1) is 11.3 Å². The van der Waals surface area contributed by atoms with Crippen LogP contribution in [0.5, 0.6) is 5.75 Å². The second-order valence-electron chi connectivity index (χ2n) is 8.28. The van der Waals surface area contributed by atoms with E-state index in [0.717, 1.165) is 21.8 Å². The molecule has 1 aliphatic rings. The normalized spacial score (nSPS) is 15.5. The summed E-state index contributed by atoms with van der Waals surface area (Å²) in [6.45, 7) is 1.93. The number of para-hydroxylation sites is 1. The van der Waals surface area contributed by atoms with Crippen LogP contribution in [0.4, 0.5) is 0 Å². The molecule has 1 unspecified atom stereocenters. The zero-order chi connectivity index (χ0) is 25.8. The summed E-state index contributed by atoms with van der Waals surface area (Å²) in [6.07, 6.45) is 5.49. The molecule has 37 heavy (non-hydrogen) atoms. The molecule has 0 radical (unpaired) electrons. The highest BCUT2D eigenvalue weighted by molar-refractivity contribution is 7.10. The average Bonchev–Trinajstić information content (AvgIpc) is 3.56. The van der Waals surface area contributed by atoms with E-state index in [-0.39, 0.29) is 12.2 Å². The standard InChI is InChI=1S/C29H24N2O4S2/c1-19-25(28(33)35-18-20-10-4-3-5-11-20)26(23-16-9-17-36-23)31-27(32)24(37-29(31)30-19)15-8-13-21-12-6-7-14-22(21)34-2/h3-17,26H,18H2,1-2H3. The number of rotatable bonds is 7. The number of thiophene rings is 1. The van der Waals surface area contributed by atoms with Crippen molar-refractivity contribution < 1.29 is 14.3 Å². The fourth-order valence-corrected chi connectivity index (χ4v) is 5.98. The average molecular weight is 529 g/mol. The molecular formula is C29H24N2O4S2. The number of methoxy groups -OCH3 is 1. The predicted octanol–water partition coefficient (Wildman–Crippen LogP) is 4.71. The van der Waals surface area contributed by atoms with Gasteiger partial charge in [0.05, 0.1) is 22.9 Å². The van der Waals surface area contributed by atoms with E-state index >= 15 is 0 Å². The van der Waals surface area contributed by atoms with Crippen molar-refractivity contribution >= 4 is 40.8 Å². The molecule has 186 valence electrons.